The standard InChI is InChI=1S/C19H39N3O/c1-4-20-11-7-19(8-12-20)17-21-9-5-6-10-22(18(2)3)14-16-23-15-13-21/h18-19H,4-17H2,1-3H3. The highest BCUT2D eigenvalue weighted by Gasteiger charge is 2.21. The van der Waals surface area contributed by atoms with E-state index >= 15 is 0 Å². The quantitative estimate of drug-likeness (QED) is 0.790. The Kier molecular flexibility index (Phi) is 8.88. The van der Waals surface area contributed by atoms with Crippen molar-refractivity contribution in [1.82, 2.24) is 14.7 Å². The van der Waals surface area contributed by atoms with Crippen molar-refractivity contribution in [3.63, 3.8) is 0 Å². The Morgan fingerprint density at radius 1 is 0.870 bits per heavy atom. The van der Waals surface area contributed by atoms with Gasteiger partial charge >= 0.3 is 0 Å². The minimum Gasteiger partial charge on any atom is -0.379 e. The van der Waals surface area contributed by atoms with E-state index in [2.05, 4.69) is 35.5 Å². The zero-order chi connectivity index (χ0) is 16.5. The first kappa shape index (κ1) is 19.2. The number of hydrogen-bond acceptors (Lipinski definition) is 4. The molecular formula is C19H39N3O. The van der Waals surface area contributed by atoms with Crippen LogP contribution in [-0.2, 0) is 4.74 Å². The van der Waals surface area contributed by atoms with Gasteiger partial charge in [0.05, 0.1) is 13.2 Å². The summed E-state index contributed by atoms with van der Waals surface area (Å²) in [5.74, 6) is 0.898. The molecule has 0 amide bonds. The normalized spacial score (nSPS) is 25.6. The largest absolute Gasteiger partial charge is 0.379 e. The van der Waals surface area contributed by atoms with Gasteiger partial charge in [0, 0.05) is 25.7 Å². The van der Waals surface area contributed by atoms with E-state index in [0.29, 0.717) is 6.04 Å². The molecule has 4 nitrogen and oxygen atoms in total. The summed E-state index contributed by atoms with van der Waals surface area (Å²) in [7, 11) is 0. The summed E-state index contributed by atoms with van der Waals surface area (Å²) in [6.07, 6.45) is 5.42. The Hall–Kier alpha value is -0.160. The van der Waals surface area contributed by atoms with E-state index in [-0.39, 0.29) is 0 Å². The molecule has 2 aliphatic heterocycles. The van der Waals surface area contributed by atoms with Gasteiger partial charge in [0.2, 0.25) is 0 Å². The maximum Gasteiger partial charge on any atom is 0.0594 e. The zero-order valence-corrected chi connectivity index (χ0v) is 15.8. The summed E-state index contributed by atoms with van der Waals surface area (Å²) in [6, 6.07) is 0.638. The third-order valence-corrected chi connectivity index (χ3v) is 5.65. The number of ether oxygens (including phenoxy) is 1. The maximum absolute atomic E-state index is 5.91. The van der Waals surface area contributed by atoms with Crippen molar-refractivity contribution in [1.29, 1.82) is 0 Å². The molecule has 2 aliphatic rings. The second-order valence-corrected chi connectivity index (χ2v) is 7.63. The van der Waals surface area contributed by atoms with Crippen LogP contribution in [0.25, 0.3) is 0 Å². The monoisotopic (exact) mass is 325 g/mol. The summed E-state index contributed by atoms with van der Waals surface area (Å²) in [4.78, 5) is 7.83. The minimum absolute atomic E-state index is 0.638. The number of hydrogen-bond donors (Lipinski definition) is 0. The molecule has 2 fully saturated rings. The van der Waals surface area contributed by atoms with Crippen LogP contribution < -0.4 is 0 Å². The van der Waals surface area contributed by atoms with Gasteiger partial charge < -0.3 is 14.5 Å². The molecule has 0 aliphatic carbocycles. The Labute approximate surface area is 144 Å². The van der Waals surface area contributed by atoms with Crippen LogP contribution in [0.15, 0.2) is 0 Å². The molecule has 0 radical (unpaired) electrons. The fraction of sp³-hybridized carbons (Fsp3) is 1.00. The number of rotatable bonds is 4. The van der Waals surface area contributed by atoms with Crippen LogP contribution in [0, 0.1) is 5.92 Å². The van der Waals surface area contributed by atoms with Crippen molar-refractivity contribution in [3.05, 3.63) is 0 Å². The van der Waals surface area contributed by atoms with Crippen molar-refractivity contribution in [2.45, 2.75) is 52.5 Å². The topological polar surface area (TPSA) is 19.0 Å². The molecule has 0 saturated carbocycles. The fourth-order valence-corrected chi connectivity index (χ4v) is 3.90. The van der Waals surface area contributed by atoms with Crippen molar-refractivity contribution >= 4 is 0 Å². The molecule has 0 bridgehead atoms. The van der Waals surface area contributed by atoms with Gasteiger partial charge in [-0.25, -0.2) is 0 Å². The van der Waals surface area contributed by atoms with Crippen LogP contribution in [0.1, 0.15) is 46.5 Å². The molecule has 0 spiro atoms. The first-order valence-corrected chi connectivity index (χ1v) is 9.95. The van der Waals surface area contributed by atoms with E-state index in [4.69, 9.17) is 4.74 Å². The lowest BCUT2D eigenvalue weighted by atomic mass is 9.96. The van der Waals surface area contributed by atoms with Gasteiger partial charge in [-0.15, -0.1) is 0 Å². The van der Waals surface area contributed by atoms with Crippen LogP contribution >= 0.6 is 0 Å². The van der Waals surface area contributed by atoms with Gasteiger partial charge in [-0.3, -0.25) is 4.90 Å². The number of nitrogens with zero attached hydrogens (tertiary/aromatic N) is 3. The highest BCUT2D eigenvalue weighted by Crippen LogP contribution is 2.18. The summed E-state index contributed by atoms with van der Waals surface area (Å²) in [6.45, 7) is 18.5. The predicted octanol–water partition coefficient (Wildman–Crippen LogP) is 2.54. The second-order valence-electron chi connectivity index (χ2n) is 7.63. The number of piperidine rings is 1. The summed E-state index contributed by atoms with van der Waals surface area (Å²) in [5.41, 5.74) is 0. The highest BCUT2D eigenvalue weighted by molar-refractivity contribution is 4.75. The Balaban J connectivity index is 1.74. The van der Waals surface area contributed by atoms with Crippen LogP contribution in [0.4, 0.5) is 0 Å². The zero-order valence-electron chi connectivity index (χ0n) is 15.8. The van der Waals surface area contributed by atoms with E-state index in [1.165, 1.54) is 65.0 Å². The summed E-state index contributed by atoms with van der Waals surface area (Å²) >= 11 is 0. The van der Waals surface area contributed by atoms with E-state index in [1.807, 2.05) is 0 Å². The van der Waals surface area contributed by atoms with Crippen LogP contribution in [0.3, 0.4) is 0 Å². The van der Waals surface area contributed by atoms with Gasteiger partial charge in [0.1, 0.15) is 0 Å². The smallest absolute Gasteiger partial charge is 0.0594 e. The average molecular weight is 326 g/mol. The number of likely N-dealkylation sites (tertiary alicyclic amines) is 1. The van der Waals surface area contributed by atoms with Crippen LogP contribution in [-0.4, -0.2) is 86.3 Å². The molecule has 2 saturated heterocycles. The predicted molar refractivity (Wildman–Crippen MR) is 98.0 cm³/mol. The highest BCUT2D eigenvalue weighted by atomic mass is 16.5. The Bertz CT molecular complexity index is 303. The lowest BCUT2D eigenvalue weighted by Gasteiger charge is -2.34. The van der Waals surface area contributed by atoms with Gasteiger partial charge in [-0.05, 0) is 78.2 Å². The van der Waals surface area contributed by atoms with Gasteiger partial charge in [0.15, 0.2) is 0 Å². The Morgan fingerprint density at radius 3 is 2.26 bits per heavy atom. The molecule has 0 aromatic heterocycles. The molecule has 2 heterocycles. The average Bonchev–Trinajstić information content (AvgIpc) is 2.61. The fourth-order valence-electron chi connectivity index (χ4n) is 3.90. The molecular weight excluding hydrogens is 286 g/mol. The van der Waals surface area contributed by atoms with Crippen molar-refractivity contribution in [2.75, 3.05) is 65.6 Å². The molecule has 0 N–H and O–H groups in total. The van der Waals surface area contributed by atoms with E-state index in [9.17, 15) is 0 Å². The summed E-state index contributed by atoms with van der Waals surface area (Å²) < 4.78 is 5.91. The molecule has 0 unspecified atom stereocenters. The van der Waals surface area contributed by atoms with Crippen LogP contribution in [0.5, 0.6) is 0 Å². The third-order valence-electron chi connectivity index (χ3n) is 5.65. The molecule has 136 valence electrons. The van der Waals surface area contributed by atoms with Gasteiger partial charge in [0.25, 0.3) is 0 Å². The minimum atomic E-state index is 0.638. The van der Waals surface area contributed by atoms with Crippen molar-refractivity contribution in [3.8, 4) is 0 Å². The van der Waals surface area contributed by atoms with Crippen molar-refractivity contribution < 1.29 is 4.74 Å². The molecule has 0 aromatic carbocycles. The lowest BCUT2D eigenvalue weighted by Crippen LogP contribution is -2.40. The molecule has 0 aromatic rings. The first-order valence-electron chi connectivity index (χ1n) is 9.95. The third kappa shape index (κ3) is 7.08. The molecule has 4 heteroatoms. The maximum atomic E-state index is 5.91. The second kappa shape index (κ2) is 10.7. The molecule has 2 rings (SSSR count). The van der Waals surface area contributed by atoms with E-state index < -0.39 is 0 Å². The van der Waals surface area contributed by atoms with E-state index in [1.54, 1.807) is 0 Å². The molecule has 23 heavy (non-hydrogen) atoms. The first-order chi connectivity index (χ1) is 11.2. The van der Waals surface area contributed by atoms with Crippen molar-refractivity contribution in [2.24, 2.45) is 5.92 Å². The Morgan fingerprint density at radius 2 is 1.57 bits per heavy atom. The van der Waals surface area contributed by atoms with Crippen LogP contribution in [0.2, 0.25) is 0 Å². The van der Waals surface area contributed by atoms with Gasteiger partial charge in [-0.1, -0.05) is 6.92 Å². The lowest BCUT2D eigenvalue weighted by molar-refractivity contribution is 0.0734. The molecule has 0 atom stereocenters. The SMILES string of the molecule is CCN1CCC(CN2CCCCN(C(C)C)CCOCC2)CC1. The van der Waals surface area contributed by atoms with E-state index in [0.717, 1.165) is 32.2 Å². The summed E-state index contributed by atoms with van der Waals surface area (Å²) in [5, 5.41) is 0. The van der Waals surface area contributed by atoms with Gasteiger partial charge in [-0.2, -0.15) is 0 Å².